The lowest BCUT2D eigenvalue weighted by atomic mass is 9.70. The van der Waals surface area contributed by atoms with E-state index in [1.165, 1.54) is 18.4 Å². The Balaban J connectivity index is 2.15. The summed E-state index contributed by atoms with van der Waals surface area (Å²) in [7, 11) is 1.29. The molecule has 1 aliphatic carbocycles. The van der Waals surface area contributed by atoms with E-state index in [1.54, 1.807) is 13.8 Å². The van der Waals surface area contributed by atoms with Gasteiger partial charge in [0.15, 0.2) is 5.78 Å². The second-order valence-corrected chi connectivity index (χ2v) is 9.26. The first kappa shape index (κ1) is 21.3. The lowest BCUT2D eigenvalue weighted by Crippen LogP contribution is -2.43. The Morgan fingerprint density at radius 2 is 1.93 bits per heavy atom. The molecule has 7 heteroatoms. The van der Waals surface area contributed by atoms with Gasteiger partial charge in [-0.2, -0.15) is 0 Å². The zero-order valence-electron chi connectivity index (χ0n) is 17.6. The van der Waals surface area contributed by atoms with E-state index in [0.717, 1.165) is 15.5 Å². The third-order valence-corrected chi connectivity index (χ3v) is 6.42. The van der Waals surface area contributed by atoms with Gasteiger partial charge in [-0.1, -0.05) is 6.92 Å². The van der Waals surface area contributed by atoms with Crippen LogP contribution in [0.15, 0.2) is 34.7 Å². The van der Waals surface area contributed by atoms with E-state index >= 15 is 0 Å². The van der Waals surface area contributed by atoms with Gasteiger partial charge in [-0.05, 0) is 52.2 Å². The molecule has 0 saturated carbocycles. The Morgan fingerprint density at radius 3 is 2.48 bits per heavy atom. The molecule has 29 heavy (non-hydrogen) atoms. The summed E-state index contributed by atoms with van der Waals surface area (Å²) in [4.78, 5) is 40.8. The Bertz CT molecular complexity index is 923. The van der Waals surface area contributed by atoms with Gasteiger partial charge in [0.25, 0.3) is 0 Å². The van der Waals surface area contributed by atoms with Crippen molar-refractivity contribution in [3.05, 3.63) is 44.4 Å². The van der Waals surface area contributed by atoms with Crippen LogP contribution in [0.5, 0.6) is 0 Å². The van der Waals surface area contributed by atoms with Gasteiger partial charge in [0.05, 0.1) is 24.7 Å². The first-order valence-corrected chi connectivity index (χ1v) is 10.6. The van der Waals surface area contributed by atoms with Crippen LogP contribution in [-0.2, 0) is 23.9 Å². The molecule has 0 aromatic carbocycles. The number of aryl methyl sites for hydroxylation is 1. The number of Topliss-reactive ketones (excluding diaryl/α,β-unsaturated/α-hetero) is 1. The molecule has 3 rings (SSSR count). The minimum absolute atomic E-state index is 0.191. The van der Waals surface area contributed by atoms with Crippen LogP contribution in [0.1, 0.15) is 49.8 Å². The van der Waals surface area contributed by atoms with Crippen LogP contribution < -0.4 is 5.32 Å². The highest BCUT2D eigenvalue weighted by molar-refractivity contribution is 7.12. The minimum atomic E-state index is -0.870. The van der Waals surface area contributed by atoms with Crippen molar-refractivity contribution in [1.82, 2.24) is 5.32 Å². The summed E-state index contributed by atoms with van der Waals surface area (Å²) in [6.45, 7) is 9.27. The number of hydrogen-bond donors (Lipinski definition) is 1. The zero-order valence-corrected chi connectivity index (χ0v) is 18.4. The number of methoxy groups -OCH3 is 1. The molecular formula is C22H27NO5S. The molecule has 2 heterocycles. The molecule has 1 aromatic heterocycles. The van der Waals surface area contributed by atoms with E-state index in [2.05, 4.69) is 5.32 Å². The Hall–Kier alpha value is -2.41. The number of rotatable bonds is 4. The maximum absolute atomic E-state index is 13.5. The highest BCUT2D eigenvalue weighted by atomic mass is 32.1. The predicted octanol–water partition coefficient (Wildman–Crippen LogP) is 3.62. The number of thiophene rings is 1. The van der Waals surface area contributed by atoms with E-state index < -0.39 is 23.8 Å². The molecule has 0 saturated heterocycles. The number of dihydropyridines is 1. The number of carbonyl (C=O) groups excluding carboxylic acids is 3. The molecule has 6 nitrogen and oxygen atoms in total. The van der Waals surface area contributed by atoms with Crippen LogP contribution in [0.4, 0.5) is 0 Å². The Morgan fingerprint density at radius 1 is 1.24 bits per heavy atom. The molecule has 0 amide bonds. The number of ketones is 1. The minimum Gasteiger partial charge on any atom is -0.468 e. The van der Waals surface area contributed by atoms with Gasteiger partial charge >= 0.3 is 11.9 Å². The summed E-state index contributed by atoms with van der Waals surface area (Å²) in [6.07, 6.45) is 0.250. The van der Waals surface area contributed by atoms with Crippen LogP contribution in [0, 0.1) is 18.8 Å². The largest absolute Gasteiger partial charge is 0.468 e. The lowest BCUT2D eigenvalue weighted by Gasteiger charge is -2.37. The highest BCUT2D eigenvalue weighted by Crippen LogP contribution is 2.47. The number of carbonyl (C=O) groups is 3. The van der Waals surface area contributed by atoms with Gasteiger partial charge in [0.1, 0.15) is 5.92 Å². The molecule has 1 aromatic rings. The summed E-state index contributed by atoms with van der Waals surface area (Å²) >= 11 is 1.54. The van der Waals surface area contributed by atoms with Crippen molar-refractivity contribution in [2.75, 3.05) is 7.11 Å². The van der Waals surface area contributed by atoms with Crippen LogP contribution in [0.2, 0.25) is 0 Å². The maximum Gasteiger partial charge on any atom is 0.337 e. The predicted molar refractivity (Wildman–Crippen MR) is 110 cm³/mol. The maximum atomic E-state index is 13.5. The molecule has 3 atom stereocenters. The van der Waals surface area contributed by atoms with Gasteiger partial charge in [-0.15, -0.1) is 11.3 Å². The first-order chi connectivity index (χ1) is 13.6. The second-order valence-electron chi connectivity index (χ2n) is 7.94. The van der Waals surface area contributed by atoms with Crippen molar-refractivity contribution in [2.24, 2.45) is 11.8 Å². The fourth-order valence-electron chi connectivity index (χ4n) is 4.12. The number of esters is 2. The van der Waals surface area contributed by atoms with Crippen molar-refractivity contribution in [3.63, 3.8) is 0 Å². The van der Waals surface area contributed by atoms with E-state index in [4.69, 9.17) is 9.47 Å². The average Bonchev–Trinajstić information content (AvgIpc) is 3.05. The van der Waals surface area contributed by atoms with Crippen molar-refractivity contribution >= 4 is 29.1 Å². The molecule has 1 aliphatic heterocycles. The summed E-state index contributed by atoms with van der Waals surface area (Å²) in [5.74, 6) is -2.88. The molecule has 0 fully saturated rings. The molecule has 0 unspecified atom stereocenters. The Labute approximate surface area is 175 Å². The van der Waals surface area contributed by atoms with Crippen molar-refractivity contribution in [3.8, 4) is 0 Å². The molecule has 0 bridgehead atoms. The Kier molecular flexibility index (Phi) is 5.98. The fourth-order valence-corrected chi connectivity index (χ4v) is 5.12. The van der Waals surface area contributed by atoms with Gasteiger partial charge in [-0.3, -0.25) is 9.59 Å². The van der Waals surface area contributed by atoms with Crippen molar-refractivity contribution in [1.29, 1.82) is 0 Å². The lowest BCUT2D eigenvalue weighted by molar-refractivity contribution is -0.151. The normalized spacial score (nSPS) is 24.4. The van der Waals surface area contributed by atoms with Gasteiger partial charge in [0, 0.05) is 26.7 Å². The molecular weight excluding hydrogens is 390 g/mol. The van der Waals surface area contributed by atoms with Gasteiger partial charge in [0.2, 0.25) is 0 Å². The summed E-state index contributed by atoms with van der Waals surface area (Å²) in [6, 6.07) is 3.91. The van der Waals surface area contributed by atoms with Gasteiger partial charge in [-0.25, -0.2) is 4.79 Å². The summed E-state index contributed by atoms with van der Waals surface area (Å²) in [5.41, 5.74) is 2.35. The smallest absolute Gasteiger partial charge is 0.337 e. The quantitative estimate of drug-likeness (QED) is 0.595. The third kappa shape index (κ3) is 3.88. The molecule has 1 N–H and O–H groups in total. The van der Waals surface area contributed by atoms with Crippen molar-refractivity contribution in [2.45, 2.75) is 53.1 Å². The van der Waals surface area contributed by atoms with Crippen LogP contribution >= 0.6 is 11.3 Å². The number of allylic oxidation sites excluding steroid dienone is 3. The van der Waals surface area contributed by atoms with E-state index in [1.807, 2.05) is 32.9 Å². The van der Waals surface area contributed by atoms with Gasteiger partial charge < -0.3 is 14.8 Å². The molecule has 0 spiro atoms. The second kappa shape index (κ2) is 8.14. The standard InChI is InChI=1S/C22H27NO5S/c1-10(2)28-22(26)17-13(5)23-14-9-11(3)16(21(25)27-6)20(24)18(14)19(17)15-8-7-12(4)29-15/h7-8,10-11,16,19,23H,9H2,1-6H3/t11-,16-,19+/m0/s1. The summed E-state index contributed by atoms with van der Waals surface area (Å²) in [5, 5.41) is 3.26. The summed E-state index contributed by atoms with van der Waals surface area (Å²) < 4.78 is 10.4. The molecule has 156 valence electrons. The number of hydrogen-bond acceptors (Lipinski definition) is 7. The third-order valence-electron chi connectivity index (χ3n) is 5.35. The van der Waals surface area contributed by atoms with Crippen molar-refractivity contribution < 1.29 is 23.9 Å². The number of nitrogens with one attached hydrogen (secondary N) is 1. The van der Waals surface area contributed by atoms with E-state index in [0.29, 0.717) is 23.3 Å². The highest BCUT2D eigenvalue weighted by Gasteiger charge is 2.47. The van der Waals surface area contributed by atoms with Crippen LogP contribution in [-0.4, -0.2) is 30.9 Å². The molecule has 2 aliphatic rings. The van der Waals surface area contributed by atoms with E-state index in [-0.39, 0.29) is 17.8 Å². The number of ether oxygens (including phenoxy) is 2. The first-order valence-electron chi connectivity index (χ1n) is 9.75. The average molecular weight is 418 g/mol. The SMILES string of the molecule is COC(=O)[C@@H]1C(=O)C2=C(C[C@@H]1C)NC(C)=C(C(=O)OC(C)C)[C@H]2c1ccc(C)s1. The van der Waals surface area contributed by atoms with Crippen LogP contribution in [0.25, 0.3) is 0 Å². The topological polar surface area (TPSA) is 81.7 Å². The van der Waals surface area contributed by atoms with Crippen LogP contribution in [0.3, 0.4) is 0 Å². The zero-order chi connectivity index (χ0) is 21.5. The monoisotopic (exact) mass is 417 g/mol. The molecule has 0 radical (unpaired) electrons. The van der Waals surface area contributed by atoms with E-state index in [9.17, 15) is 14.4 Å². The fraction of sp³-hybridized carbons (Fsp3) is 0.500.